The van der Waals surface area contributed by atoms with Gasteiger partial charge in [-0.2, -0.15) is 0 Å². The first kappa shape index (κ1) is 14.9. The van der Waals surface area contributed by atoms with Gasteiger partial charge < -0.3 is 10.6 Å². The van der Waals surface area contributed by atoms with Crippen molar-refractivity contribution in [1.82, 2.24) is 20.5 Å². The fourth-order valence-corrected chi connectivity index (χ4v) is 3.17. The molecule has 108 valence electrons. The van der Waals surface area contributed by atoms with Crippen molar-refractivity contribution < 1.29 is 0 Å². The summed E-state index contributed by atoms with van der Waals surface area (Å²) in [5.41, 5.74) is 0.121. The maximum atomic E-state index is 4.43. The van der Waals surface area contributed by atoms with Gasteiger partial charge >= 0.3 is 0 Å². The summed E-state index contributed by atoms with van der Waals surface area (Å²) in [7, 11) is 0. The summed E-state index contributed by atoms with van der Waals surface area (Å²) in [4.78, 5) is 7.00. The number of thiazole rings is 1. The third-order valence-corrected chi connectivity index (χ3v) is 5.00. The summed E-state index contributed by atoms with van der Waals surface area (Å²) in [5.74, 6) is 0. The molecule has 5 heteroatoms. The van der Waals surface area contributed by atoms with Crippen LogP contribution in [-0.2, 0) is 5.54 Å². The van der Waals surface area contributed by atoms with E-state index in [1.54, 1.807) is 11.3 Å². The van der Waals surface area contributed by atoms with E-state index in [0.29, 0.717) is 0 Å². The van der Waals surface area contributed by atoms with Crippen molar-refractivity contribution in [3.8, 4) is 0 Å². The van der Waals surface area contributed by atoms with Crippen LogP contribution in [0, 0.1) is 0 Å². The van der Waals surface area contributed by atoms with Gasteiger partial charge in [0.05, 0.1) is 5.54 Å². The van der Waals surface area contributed by atoms with Gasteiger partial charge in [0.2, 0.25) is 0 Å². The van der Waals surface area contributed by atoms with Gasteiger partial charge in [-0.25, -0.2) is 4.98 Å². The van der Waals surface area contributed by atoms with Crippen LogP contribution in [0.2, 0.25) is 0 Å². The zero-order chi connectivity index (χ0) is 13.9. The van der Waals surface area contributed by atoms with Crippen LogP contribution >= 0.6 is 11.3 Å². The second-order valence-electron chi connectivity index (χ2n) is 6.37. The van der Waals surface area contributed by atoms with Crippen LogP contribution in [0.25, 0.3) is 0 Å². The first-order chi connectivity index (χ1) is 8.92. The minimum Gasteiger partial charge on any atom is -0.314 e. The quantitative estimate of drug-likeness (QED) is 0.861. The molecule has 2 N–H and O–H groups in total. The monoisotopic (exact) mass is 282 g/mol. The summed E-state index contributed by atoms with van der Waals surface area (Å²) < 4.78 is 0. The Morgan fingerprint density at radius 3 is 2.58 bits per heavy atom. The normalized spacial score (nSPS) is 18.7. The van der Waals surface area contributed by atoms with Crippen LogP contribution in [0.4, 0.5) is 0 Å². The fourth-order valence-electron chi connectivity index (χ4n) is 2.43. The first-order valence-corrected chi connectivity index (χ1v) is 7.90. The first-order valence-electron chi connectivity index (χ1n) is 7.03. The SMILES string of the molecule is CC(C)(NCC(C)(C)N1CCNCC1)c1nccs1. The highest BCUT2D eigenvalue weighted by Crippen LogP contribution is 2.23. The lowest BCUT2D eigenvalue weighted by molar-refractivity contribution is 0.0945. The number of hydrogen-bond acceptors (Lipinski definition) is 5. The molecule has 1 aromatic rings. The van der Waals surface area contributed by atoms with E-state index >= 15 is 0 Å². The zero-order valence-electron chi connectivity index (χ0n) is 12.5. The third-order valence-electron chi connectivity index (χ3n) is 3.90. The number of rotatable bonds is 5. The molecule has 2 heterocycles. The highest BCUT2D eigenvalue weighted by molar-refractivity contribution is 7.09. The van der Waals surface area contributed by atoms with E-state index in [1.807, 2.05) is 11.6 Å². The lowest BCUT2D eigenvalue weighted by atomic mass is 9.98. The van der Waals surface area contributed by atoms with Gasteiger partial charge in [0.25, 0.3) is 0 Å². The molecule has 1 aliphatic rings. The topological polar surface area (TPSA) is 40.2 Å². The highest BCUT2D eigenvalue weighted by atomic mass is 32.1. The molecule has 0 spiro atoms. The average molecular weight is 282 g/mol. The molecule has 1 aromatic heterocycles. The Balaban J connectivity index is 1.93. The van der Waals surface area contributed by atoms with Gasteiger partial charge in [-0.05, 0) is 27.7 Å². The summed E-state index contributed by atoms with van der Waals surface area (Å²) in [5, 5.41) is 10.3. The molecule has 0 radical (unpaired) electrons. The van der Waals surface area contributed by atoms with Crippen LogP contribution in [-0.4, -0.2) is 48.1 Å². The summed E-state index contributed by atoms with van der Waals surface area (Å²) >= 11 is 1.72. The summed E-state index contributed by atoms with van der Waals surface area (Å²) in [6, 6.07) is 0. The van der Waals surface area contributed by atoms with E-state index in [0.717, 1.165) is 37.7 Å². The Morgan fingerprint density at radius 1 is 1.32 bits per heavy atom. The molecular weight excluding hydrogens is 256 g/mol. The van der Waals surface area contributed by atoms with Gasteiger partial charge in [0.15, 0.2) is 0 Å². The lowest BCUT2D eigenvalue weighted by Gasteiger charge is -2.43. The van der Waals surface area contributed by atoms with E-state index in [4.69, 9.17) is 0 Å². The molecule has 2 rings (SSSR count). The standard InChI is InChI=1S/C14H26N4S/c1-13(2,18-8-5-15-6-9-18)11-17-14(3,4)12-16-7-10-19-12/h7,10,15,17H,5-6,8-9,11H2,1-4H3. The molecule has 1 saturated heterocycles. The Kier molecular flexibility index (Phi) is 4.61. The van der Waals surface area contributed by atoms with Crippen molar-refractivity contribution in [2.24, 2.45) is 0 Å². The Morgan fingerprint density at radius 2 is 2.00 bits per heavy atom. The predicted octanol–water partition coefficient (Wildman–Crippen LogP) is 1.65. The Hall–Kier alpha value is -0.490. The summed E-state index contributed by atoms with van der Waals surface area (Å²) in [6.45, 7) is 14.5. The van der Waals surface area contributed by atoms with Crippen LogP contribution < -0.4 is 10.6 Å². The van der Waals surface area contributed by atoms with Gasteiger partial charge in [0, 0.05) is 49.8 Å². The molecular formula is C14H26N4S. The van der Waals surface area contributed by atoms with Crippen molar-refractivity contribution >= 4 is 11.3 Å². The molecule has 0 aliphatic carbocycles. The number of nitrogens with one attached hydrogen (secondary N) is 2. The smallest absolute Gasteiger partial charge is 0.112 e. The van der Waals surface area contributed by atoms with Crippen molar-refractivity contribution in [3.63, 3.8) is 0 Å². The molecule has 0 bridgehead atoms. The number of aromatic nitrogens is 1. The van der Waals surface area contributed by atoms with Crippen molar-refractivity contribution in [2.75, 3.05) is 32.7 Å². The van der Waals surface area contributed by atoms with Crippen molar-refractivity contribution in [1.29, 1.82) is 0 Å². The second-order valence-corrected chi connectivity index (χ2v) is 7.26. The average Bonchev–Trinajstić information content (AvgIpc) is 2.93. The van der Waals surface area contributed by atoms with Gasteiger partial charge in [-0.15, -0.1) is 11.3 Å². The van der Waals surface area contributed by atoms with E-state index in [-0.39, 0.29) is 11.1 Å². The molecule has 0 aromatic carbocycles. The number of nitrogens with zero attached hydrogens (tertiary/aromatic N) is 2. The minimum absolute atomic E-state index is 0.0561. The summed E-state index contributed by atoms with van der Waals surface area (Å²) in [6.07, 6.45) is 1.88. The maximum Gasteiger partial charge on any atom is 0.112 e. The van der Waals surface area contributed by atoms with Gasteiger partial charge in [0.1, 0.15) is 5.01 Å². The Bertz CT molecular complexity index is 380. The molecule has 0 amide bonds. The number of hydrogen-bond donors (Lipinski definition) is 2. The number of piperazine rings is 1. The fraction of sp³-hybridized carbons (Fsp3) is 0.786. The van der Waals surface area contributed by atoms with Crippen molar-refractivity contribution in [3.05, 3.63) is 16.6 Å². The maximum absolute atomic E-state index is 4.43. The van der Waals surface area contributed by atoms with Gasteiger partial charge in [-0.3, -0.25) is 4.90 Å². The third kappa shape index (κ3) is 3.75. The van der Waals surface area contributed by atoms with E-state index in [1.165, 1.54) is 0 Å². The van der Waals surface area contributed by atoms with E-state index in [2.05, 4.69) is 48.2 Å². The van der Waals surface area contributed by atoms with Crippen LogP contribution in [0.3, 0.4) is 0 Å². The molecule has 1 fully saturated rings. The molecule has 0 atom stereocenters. The largest absolute Gasteiger partial charge is 0.314 e. The van der Waals surface area contributed by atoms with Crippen LogP contribution in [0.1, 0.15) is 32.7 Å². The molecule has 0 unspecified atom stereocenters. The molecule has 19 heavy (non-hydrogen) atoms. The Labute approximate surface area is 120 Å². The predicted molar refractivity (Wildman–Crippen MR) is 81.7 cm³/mol. The van der Waals surface area contributed by atoms with Crippen molar-refractivity contribution in [2.45, 2.75) is 38.8 Å². The minimum atomic E-state index is -0.0561. The van der Waals surface area contributed by atoms with E-state index in [9.17, 15) is 0 Å². The molecule has 4 nitrogen and oxygen atoms in total. The molecule has 1 aliphatic heterocycles. The lowest BCUT2D eigenvalue weighted by Crippen LogP contribution is -2.58. The highest BCUT2D eigenvalue weighted by Gasteiger charge is 2.31. The zero-order valence-corrected chi connectivity index (χ0v) is 13.3. The van der Waals surface area contributed by atoms with Gasteiger partial charge in [-0.1, -0.05) is 0 Å². The van der Waals surface area contributed by atoms with E-state index < -0.39 is 0 Å². The second kappa shape index (κ2) is 5.87. The van der Waals surface area contributed by atoms with Crippen LogP contribution in [0.5, 0.6) is 0 Å². The molecule has 0 saturated carbocycles. The van der Waals surface area contributed by atoms with Crippen LogP contribution in [0.15, 0.2) is 11.6 Å².